The Kier molecular flexibility index (Phi) is 3.65. The van der Waals surface area contributed by atoms with E-state index < -0.39 is 5.97 Å². The van der Waals surface area contributed by atoms with Gasteiger partial charge < -0.3 is 15.7 Å². The van der Waals surface area contributed by atoms with Crippen molar-refractivity contribution in [3.8, 4) is 0 Å². The maximum absolute atomic E-state index is 11.9. The fourth-order valence-electron chi connectivity index (χ4n) is 2.84. The van der Waals surface area contributed by atoms with Crippen LogP contribution in [0, 0.1) is 16.7 Å². The third-order valence-electron chi connectivity index (χ3n) is 5.03. The van der Waals surface area contributed by atoms with Crippen LogP contribution < -0.4 is 10.6 Å². The highest BCUT2D eigenvalue weighted by atomic mass is 16.4. The van der Waals surface area contributed by atoms with Crippen LogP contribution in [0.15, 0.2) is 18.5 Å². The Morgan fingerprint density at radius 2 is 1.86 bits per heavy atom. The van der Waals surface area contributed by atoms with Gasteiger partial charge in [-0.1, -0.05) is 27.7 Å². The minimum absolute atomic E-state index is 0.0391. The van der Waals surface area contributed by atoms with Crippen molar-refractivity contribution >= 4 is 17.7 Å². The first kappa shape index (κ1) is 15.3. The molecular formula is C15H21N3O3. The number of hydrogen-bond acceptors (Lipinski definition) is 3. The maximum atomic E-state index is 11.9. The van der Waals surface area contributed by atoms with E-state index in [9.17, 15) is 9.59 Å². The van der Waals surface area contributed by atoms with Gasteiger partial charge in [-0.15, -0.1) is 0 Å². The van der Waals surface area contributed by atoms with Crippen LogP contribution >= 0.6 is 0 Å². The molecule has 3 N–H and O–H groups in total. The first-order valence-electron chi connectivity index (χ1n) is 6.89. The Bertz CT molecular complexity index is 567. The second kappa shape index (κ2) is 5.02. The summed E-state index contributed by atoms with van der Waals surface area (Å²) in [6, 6.07) is 1.03. The highest BCUT2D eigenvalue weighted by Crippen LogP contribution is 2.67. The van der Waals surface area contributed by atoms with Gasteiger partial charge >= 0.3 is 12.0 Å². The van der Waals surface area contributed by atoms with Gasteiger partial charge in [0.1, 0.15) is 0 Å². The molecule has 0 bridgehead atoms. The standard InChI is InChI=1S/C15H21N3O3/c1-14(2)11(15(14,3)4)8-17-13(21)18-10-5-9(12(19)20)6-16-7-10/h5-7,11H,8H2,1-4H3,(H,19,20)(H2,17,18,21). The molecule has 0 aromatic carbocycles. The van der Waals surface area contributed by atoms with Crippen LogP contribution in [0.3, 0.4) is 0 Å². The molecule has 0 atom stereocenters. The van der Waals surface area contributed by atoms with Gasteiger partial charge in [0.15, 0.2) is 0 Å². The molecule has 2 rings (SSSR count). The first-order valence-corrected chi connectivity index (χ1v) is 6.89. The molecule has 6 heteroatoms. The predicted octanol–water partition coefficient (Wildman–Crippen LogP) is 2.58. The molecule has 0 spiro atoms. The Morgan fingerprint density at radius 3 is 2.38 bits per heavy atom. The van der Waals surface area contributed by atoms with Crippen molar-refractivity contribution in [1.29, 1.82) is 0 Å². The number of aromatic nitrogens is 1. The summed E-state index contributed by atoms with van der Waals surface area (Å²) in [4.78, 5) is 26.5. The molecule has 6 nitrogen and oxygen atoms in total. The van der Waals surface area contributed by atoms with Gasteiger partial charge in [0, 0.05) is 12.7 Å². The smallest absolute Gasteiger partial charge is 0.337 e. The van der Waals surface area contributed by atoms with Crippen molar-refractivity contribution in [1.82, 2.24) is 10.3 Å². The van der Waals surface area contributed by atoms with E-state index in [0.717, 1.165) is 0 Å². The van der Waals surface area contributed by atoms with E-state index in [-0.39, 0.29) is 22.4 Å². The first-order chi connectivity index (χ1) is 9.66. The van der Waals surface area contributed by atoms with Crippen molar-refractivity contribution in [3.05, 3.63) is 24.0 Å². The Labute approximate surface area is 124 Å². The molecule has 0 saturated heterocycles. The van der Waals surface area contributed by atoms with Crippen molar-refractivity contribution in [2.75, 3.05) is 11.9 Å². The summed E-state index contributed by atoms with van der Waals surface area (Å²) in [6.45, 7) is 9.36. The molecule has 21 heavy (non-hydrogen) atoms. The number of hydrogen-bond donors (Lipinski definition) is 3. The van der Waals surface area contributed by atoms with E-state index in [1.165, 1.54) is 18.5 Å². The van der Waals surface area contributed by atoms with Gasteiger partial charge in [-0.05, 0) is 22.8 Å². The fraction of sp³-hybridized carbons (Fsp3) is 0.533. The average molecular weight is 291 g/mol. The number of nitrogens with one attached hydrogen (secondary N) is 2. The van der Waals surface area contributed by atoms with E-state index in [0.29, 0.717) is 18.2 Å². The van der Waals surface area contributed by atoms with E-state index >= 15 is 0 Å². The number of carbonyl (C=O) groups excluding carboxylic acids is 1. The molecule has 1 aromatic heterocycles. The van der Waals surface area contributed by atoms with Crippen molar-refractivity contribution in [3.63, 3.8) is 0 Å². The van der Waals surface area contributed by atoms with E-state index in [4.69, 9.17) is 5.11 Å². The van der Waals surface area contributed by atoms with Crippen LogP contribution in [-0.4, -0.2) is 28.6 Å². The zero-order valence-electron chi connectivity index (χ0n) is 12.7. The van der Waals surface area contributed by atoms with Gasteiger partial charge in [0.2, 0.25) is 0 Å². The van der Waals surface area contributed by atoms with Crippen molar-refractivity contribution in [2.45, 2.75) is 27.7 Å². The topological polar surface area (TPSA) is 91.3 Å². The third kappa shape index (κ3) is 2.84. The number of aromatic carboxylic acids is 1. The van der Waals surface area contributed by atoms with E-state index in [2.05, 4.69) is 43.3 Å². The van der Waals surface area contributed by atoms with Gasteiger partial charge in [0.25, 0.3) is 0 Å². The molecule has 0 radical (unpaired) electrons. The summed E-state index contributed by atoms with van der Waals surface area (Å²) in [5.41, 5.74) is 0.829. The Morgan fingerprint density at radius 1 is 1.24 bits per heavy atom. The number of nitrogens with zero attached hydrogens (tertiary/aromatic N) is 1. The van der Waals surface area contributed by atoms with E-state index in [1.54, 1.807) is 0 Å². The normalized spacial score (nSPS) is 18.9. The molecular weight excluding hydrogens is 270 g/mol. The number of anilines is 1. The number of urea groups is 1. The zero-order chi connectivity index (χ0) is 15.8. The largest absolute Gasteiger partial charge is 0.478 e. The lowest BCUT2D eigenvalue weighted by Crippen LogP contribution is -2.31. The number of carboxylic acids is 1. The fourth-order valence-corrected chi connectivity index (χ4v) is 2.84. The van der Waals surface area contributed by atoms with Crippen LogP contribution in [0.25, 0.3) is 0 Å². The average Bonchev–Trinajstić information content (AvgIpc) is 2.77. The van der Waals surface area contributed by atoms with Crippen LogP contribution in [0.2, 0.25) is 0 Å². The van der Waals surface area contributed by atoms with Crippen LogP contribution in [0.4, 0.5) is 10.5 Å². The number of amides is 2. The lowest BCUT2D eigenvalue weighted by Gasteiger charge is -2.08. The highest BCUT2D eigenvalue weighted by Gasteiger charge is 2.64. The van der Waals surface area contributed by atoms with Crippen LogP contribution in [-0.2, 0) is 0 Å². The Hall–Kier alpha value is -2.11. The molecule has 2 amide bonds. The van der Waals surface area contributed by atoms with Gasteiger partial charge in [-0.2, -0.15) is 0 Å². The second-order valence-electron chi connectivity index (χ2n) is 6.60. The van der Waals surface area contributed by atoms with Crippen LogP contribution in [0.1, 0.15) is 38.1 Å². The minimum Gasteiger partial charge on any atom is -0.478 e. The molecule has 1 aromatic rings. The highest BCUT2D eigenvalue weighted by molar-refractivity contribution is 5.92. The number of rotatable bonds is 4. The molecule has 1 aliphatic rings. The SMILES string of the molecule is CC1(C)C(CNC(=O)Nc2cncc(C(=O)O)c2)C1(C)C. The van der Waals surface area contributed by atoms with Gasteiger partial charge in [0.05, 0.1) is 17.4 Å². The summed E-state index contributed by atoms with van der Waals surface area (Å²) >= 11 is 0. The lowest BCUT2D eigenvalue weighted by molar-refractivity contribution is 0.0696. The Balaban J connectivity index is 1.89. The molecule has 0 unspecified atom stereocenters. The van der Waals surface area contributed by atoms with Crippen molar-refractivity contribution in [2.24, 2.45) is 16.7 Å². The molecule has 1 saturated carbocycles. The van der Waals surface area contributed by atoms with E-state index in [1.807, 2.05) is 0 Å². The lowest BCUT2D eigenvalue weighted by atomic mass is 10.0. The number of carboxylic acid groups (broad SMARTS) is 1. The molecule has 0 aliphatic heterocycles. The second-order valence-corrected chi connectivity index (χ2v) is 6.60. The predicted molar refractivity (Wildman–Crippen MR) is 79.3 cm³/mol. The zero-order valence-corrected chi connectivity index (χ0v) is 12.7. The summed E-state index contributed by atoms with van der Waals surface area (Å²) in [7, 11) is 0. The summed E-state index contributed by atoms with van der Waals surface area (Å²) < 4.78 is 0. The van der Waals surface area contributed by atoms with Gasteiger partial charge in [-0.25, -0.2) is 9.59 Å². The van der Waals surface area contributed by atoms with Gasteiger partial charge in [-0.3, -0.25) is 4.98 Å². The van der Waals surface area contributed by atoms with Crippen molar-refractivity contribution < 1.29 is 14.7 Å². The summed E-state index contributed by atoms with van der Waals surface area (Å²) in [5.74, 6) is -0.646. The number of pyridine rings is 1. The molecule has 114 valence electrons. The summed E-state index contributed by atoms with van der Waals surface area (Å²) in [6.07, 6.45) is 2.65. The molecule has 1 fully saturated rings. The monoisotopic (exact) mass is 291 g/mol. The molecule has 1 heterocycles. The number of carbonyl (C=O) groups is 2. The maximum Gasteiger partial charge on any atom is 0.337 e. The quantitative estimate of drug-likeness (QED) is 0.795. The minimum atomic E-state index is -1.08. The molecule has 1 aliphatic carbocycles. The summed E-state index contributed by atoms with van der Waals surface area (Å²) in [5, 5.41) is 14.3. The van der Waals surface area contributed by atoms with Crippen LogP contribution in [0.5, 0.6) is 0 Å². The third-order valence-corrected chi connectivity index (χ3v) is 5.03.